The van der Waals surface area contributed by atoms with Gasteiger partial charge in [0.2, 0.25) is 0 Å². The van der Waals surface area contributed by atoms with E-state index in [4.69, 9.17) is 14.9 Å². The standard InChI is InChI=1S/C7H17NO3/c1-11-6-7(10)2-3-8-4-5-9/h7-10H,2-6H2,1H3. The molecule has 11 heavy (non-hydrogen) atoms. The molecule has 0 aliphatic rings. The number of rotatable bonds is 7. The minimum absolute atomic E-state index is 0.139. The largest absolute Gasteiger partial charge is 0.395 e. The van der Waals surface area contributed by atoms with E-state index in [1.54, 1.807) is 7.11 Å². The SMILES string of the molecule is COCC(O)CCNCCO. The van der Waals surface area contributed by atoms with Crippen LogP contribution in [0.5, 0.6) is 0 Å². The van der Waals surface area contributed by atoms with E-state index in [-0.39, 0.29) is 6.61 Å². The highest BCUT2D eigenvalue weighted by molar-refractivity contribution is 4.55. The van der Waals surface area contributed by atoms with Crippen molar-refractivity contribution >= 4 is 0 Å². The van der Waals surface area contributed by atoms with Crippen LogP contribution in [0.4, 0.5) is 0 Å². The number of nitrogens with one attached hydrogen (secondary N) is 1. The lowest BCUT2D eigenvalue weighted by Crippen LogP contribution is -2.25. The summed E-state index contributed by atoms with van der Waals surface area (Å²) < 4.78 is 4.73. The monoisotopic (exact) mass is 163 g/mol. The zero-order valence-corrected chi connectivity index (χ0v) is 6.92. The quantitative estimate of drug-likeness (QED) is 0.420. The zero-order valence-electron chi connectivity index (χ0n) is 6.92. The first-order valence-electron chi connectivity index (χ1n) is 3.79. The van der Waals surface area contributed by atoms with Crippen LogP contribution in [0.15, 0.2) is 0 Å². The molecule has 0 aromatic rings. The van der Waals surface area contributed by atoms with Gasteiger partial charge in [0, 0.05) is 13.7 Å². The summed E-state index contributed by atoms with van der Waals surface area (Å²) in [5, 5.41) is 20.5. The van der Waals surface area contributed by atoms with Crippen molar-refractivity contribution < 1.29 is 14.9 Å². The van der Waals surface area contributed by atoms with Crippen LogP contribution in [0, 0.1) is 0 Å². The summed E-state index contributed by atoms with van der Waals surface area (Å²) in [7, 11) is 1.56. The van der Waals surface area contributed by atoms with Gasteiger partial charge >= 0.3 is 0 Å². The lowest BCUT2D eigenvalue weighted by atomic mass is 10.3. The van der Waals surface area contributed by atoms with E-state index >= 15 is 0 Å². The first-order chi connectivity index (χ1) is 5.31. The maximum absolute atomic E-state index is 9.12. The second kappa shape index (κ2) is 7.94. The Hall–Kier alpha value is -0.160. The molecule has 0 fully saturated rings. The molecule has 0 aromatic carbocycles. The molecule has 0 aliphatic carbocycles. The van der Waals surface area contributed by atoms with Crippen LogP contribution in [-0.2, 0) is 4.74 Å². The van der Waals surface area contributed by atoms with Gasteiger partial charge in [-0.1, -0.05) is 0 Å². The molecule has 3 N–H and O–H groups in total. The molecule has 0 amide bonds. The van der Waals surface area contributed by atoms with Crippen LogP contribution in [0.1, 0.15) is 6.42 Å². The third-order valence-corrected chi connectivity index (χ3v) is 1.30. The van der Waals surface area contributed by atoms with Crippen LogP contribution in [0.3, 0.4) is 0 Å². The third kappa shape index (κ3) is 7.74. The van der Waals surface area contributed by atoms with Gasteiger partial charge in [0.1, 0.15) is 0 Å². The molecular formula is C7H17NO3. The first-order valence-corrected chi connectivity index (χ1v) is 3.79. The van der Waals surface area contributed by atoms with Crippen LogP contribution in [-0.4, -0.2) is 49.7 Å². The molecule has 0 spiro atoms. The maximum Gasteiger partial charge on any atom is 0.0785 e. The molecule has 68 valence electrons. The third-order valence-electron chi connectivity index (χ3n) is 1.30. The fourth-order valence-electron chi connectivity index (χ4n) is 0.748. The molecule has 4 nitrogen and oxygen atoms in total. The number of aliphatic hydroxyl groups is 2. The Bertz CT molecular complexity index is 80.1. The summed E-state index contributed by atoms with van der Waals surface area (Å²) in [5.74, 6) is 0. The van der Waals surface area contributed by atoms with E-state index in [1.165, 1.54) is 0 Å². The lowest BCUT2D eigenvalue weighted by molar-refractivity contribution is 0.0593. The van der Waals surface area contributed by atoms with Gasteiger partial charge in [-0.25, -0.2) is 0 Å². The number of hydrogen-bond donors (Lipinski definition) is 3. The van der Waals surface area contributed by atoms with E-state index in [0.29, 0.717) is 26.1 Å². The number of ether oxygens (including phenoxy) is 1. The van der Waals surface area contributed by atoms with Crippen LogP contribution < -0.4 is 5.32 Å². The number of aliphatic hydroxyl groups excluding tert-OH is 2. The lowest BCUT2D eigenvalue weighted by Gasteiger charge is -2.08. The van der Waals surface area contributed by atoms with E-state index < -0.39 is 6.10 Å². The Morgan fingerprint density at radius 2 is 2.18 bits per heavy atom. The number of hydrogen-bond acceptors (Lipinski definition) is 4. The molecule has 0 radical (unpaired) electrons. The van der Waals surface area contributed by atoms with Gasteiger partial charge in [-0.3, -0.25) is 0 Å². The van der Waals surface area contributed by atoms with Crippen molar-refractivity contribution in [3.05, 3.63) is 0 Å². The van der Waals surface area contributed by atoms with Gasteiger partial charge in [0.05, 0.1) is 19.3 Å². The molecule has 0 aliphatic heterocycles. The topological polar surface area (TPSA) is 61.7 Å². The zero-order chi connectivity index (χ0) is 8.53. The molecule has 0 rings (SSSR count). The summed E-state index contributed by atoms with van der Waals surface area (Å²) in [6.45, 7) is 1.81. The molecule has 0 heterocycles. The molecule has 0 bridgehead atoms. The Balaban J connectivity index is 2.97. The van der Waals surface area contributed by atoms with E-state index in [2.05, 4.69) is 5.32 Å². The smallest absolute Gasteiger partial charge is 0.0785 e. The Kier molecular flexibility index (Phi) is 7.83. The maximum atomic E-state index is 9.12. The van der Waals surface area contributed by atoms with Crippen LogP contribution >= 0.6 is 0 Å². The molecule has 0 saturated heterocycles. The van der Waals surface area contributed by atoms with Gasteiger partial charge < -0.3 is 20.3 Å². The summed E-state index contributed by atoms with van der Waals surface area (Å²) in [4.78, 5) is 0. The predicted octanol–water partition coefficient (Wildman–Crippen LogP) is -1.03. The Morgan fingerprint density at radius 3 is 2.73 bits per heavy atom. The van der Waals surface area contributed by atoms with E-state index in [1.807, 2.05) is 0 Å². The molecule has 0 aromatic heterocycles. The van der Waals surface area contributed by atoms with Gasteiger partial charge in [-0.05, 0) is 13.0 Å². The Morgan fingerprint density at radius 1 is 1.45 bits per heavy atom. The minimum atomic E-state index is -0.397. The molecule has 1 unspecified atom stereocenters. The highest BCUT2D eigenvalue weighted by atomic mass is 16.5. The van der Waals surface area contributed by atoms with E-state index in [0.717, 1.165) is 0 Å². The minimum Gasteiger partial charge on any atom is -0.395 e. The number of methoxy groups -OCH3 is 1. The van der Waals surface area contributed by atoms with Crippen molar-refractivity contribution in [2.24, 2.45) is 0 Å². The second-order valence-corrected chi connectivity index (χ2v) is 2.37. The van der Waals surface area contributed by atoms with Crippen molar-refractivity contribution in [1.82, 2.24) is 5.32 Å². The average Bonchev–Trinajstić information content (AvgIpc) is 1.99. The van der Waals surface area contributed by atoms with Gasteiger partial charge in [0.15, 0.2) is 0 Å². The first kappa shape index (κ1) is 10.8. The summed E-state index contributed by atoms with van der Waals surface area (Å²) in [5.41, 5.74) is 0. The van der Waals surface area contributed by atoms with E-state index in [9.17, 15) is 0 Å². The van der Waals surface area contributed by atoms with Gasteiger partial charge in [-0.2, -0.15) is 0 Å². The second-order valence-electron chi connectivity index (χ2n) is 2.37. The highest BCUT2D eigenvalue weighted by Gasteiger charge is 2.00. The van der Waals surface area contributed by atoms with Gasteiger partial charge in [0.25, 0.3) is 0 Å². The summed E-state index contributed by atoms with van der Waals surface area (Å²) >= 11 is 0. The summed E-state index contributed by atoms with van der Waals surface area (Å²) in [6, 6.07) is 0. The normalized spacial score (nSPS) is 13.4. The molecular weight excluding hydrogens is 146 g/mol. The summed E-state index contributed by atoms with van der Waals surface area (Å²) in [6.07, 6.45) is 0.264. The fraction of sp³-hybridized carbons (Fsp3) is 1.00. The molecule has 0 saturated carbocycles. The van der Waals surface area contributed by atoms with Crippen molar-refractivity contribution in [2.45, 2.75) is 12.5 Å². The van der Waals surface area contributed by atoms with Crippen molar-refractivity contribution in [1.29, 1.82) is 0 Å². The highest BCUT2D eigenvalue weighted by Crippen LogP contribution is 1.89. The molecule has 4 heteroatoms. The molecule has 1 atom stereocenters. The van der Waals surface area contributed by atoms with Crippen LogP contribution in [0.2, 0.25) is 0 Å². The van der Waals surface area contributed by atoms with Crippen molar-refractivity contribution in [2.75, 3.05) is 33.4 Å². The van der Waals surface area contributed by atoms with Crippen molar-refractivity contribution in [3.63, 3.8) is 0 Å². The fourth-order valence-corrected chi connectivity index (χ4v) is 0.748. The van der Waals surface area contributed by atoms with Gasteiger partial charge in [-0.15, -0.1) is 0 Å². The predicted molar refractivity (Wildman–Crippen MR) is 42.5 cm³/mol. The average molecular weight is 163 g/mol. The Labute approximate surface area is 67.2 Å². The van der Waals surface area contributed by atoms with Crippen molar-refractivity contribution in [3.8, 4) is 0 Å². The van der Waals surface area contributed by atoms with Crippen LogP contribution in [0.25, 0.3) is 0 Å².